The van der Waals surface area contributed by atoms with Crippen molar-refractivity contribution in [1.29, 1.82) is 0 Å². The van der Waals surface area contributed by atoms with E-state index in [4.69, 9.17) is 9.47 Å². The number of aliphatic hydroxyl groups is 1. The SMILES string of the molecule is O[C@H]1C[C@@H]2CC3(C[C@@H]2C1)OCCO3. The summed E-state index contributed by atoms with van der Waals surface area (Å²) in [5.74, 6) is 1.05. The first-order valence-electron chi connectivity index (χ1n) is 5.23. The molecule has 13 heavy (non-hydrogen) atoms. The third-order valence-corrected chi connectivity index (χ3v) is 3.78. The Morgan fingerprint density at radius 1 is 1.00 bits per heavy atom. The lowest BCUT2D eigenvalue weighted by Crippen LogP contribution is -2.27. The molecule has 3 aliphatic rings. The molecule has 74 valence electrons. The van der Waals surface area contributed by atoms with Crippen LogP contribution >= 0.6 is 0 Å². The first-order valence-corrected chi connectivity index (χ1v) is 5.23. The van der Waals surface area contributed by atoms with Gasteiger partial charge >= 0.3 is 0 Å². The van der Waals surface area contributed by atoms with E-state index in [9.17, 15) is 5.11 Å². The Labute approximate surface area is 78.0 Å². The van der Waals surface area contributed by atoms with E-state index in [0.29, 0.717) is 11.8 Å². The van der Waals surface area contributed by atoms with E-state index >= 15 is 0 Å². The second-order valence-electron chi connectivity index (χ2n) is 4.66. The zero-order valence-corrected chi connectivity index (χ0v) is 7.74. The van der Waals surface area contributed by atoms with Gasteiger partial charge in [-0.05, 0) is 24.7 Å². The molecule has 1 aliphatic heterocycles. The summed E-state index contributed by atoms with van der Waals surface area (Å²) in [5.41, 5.74) is 0. The predicted molar refractivity (Wildman–Crippen MR) is 46.1 cm³/mol. The molecule has 0 amide bonds. The molecule has 3 rings (SSSR count). The van der Waals surface area contributed by atoms with Gasteiger partial charge < -0.3 is 14.6 Å². The normalized spacial score (nSPS) is 47.3. The molecule has 3 nitrogen and oxygen atoms in total. The minimum Gasteiger partial charge on any atom is -0.393 e. The van der Waals surface area contributed by atoms with Crippen LogP contribution in [0, 0.1) is 11.8 Å². The Hall–Kier alpha value is -0.120. The summed E-state index contributed by atoms with van der Waals surface area (Å²) in [6.07, 6.45) is 3.87. The van der Waals surface area contributed by atoms with Crippen molar-refractivity contribution in [1.82, 2.24) is 0 Å². The van der Waals surface area contributed by atoms with Crippen molar-refractivity contribution in [3.05, 3.63) is 0 Å². The van der Waals surface area contributed by atoms with E-state index in [1.165, 1.54) is 0 Å². The lowest BCUT2D eigenvalue weighted by Gasteiger charge is -2.22. The van der Waals surface area contributed by atoms with Crippen molar-refractivity contribution in [2.45, 2.75) is 37.6 Å². The van der Waals surface area contributed by atoms with Gasteiger partial charge in [-0.15, -0.1) is 0 Å². The molecule has 3 atom stereocenters. The van der Waals surface area contributed by atoms with Gasteiger partial charge in [-0.3, -0.25) is 0 Å². The molecular formula is C10H16O3. The first kappa shape index (κ1) is 8.21. The van der Waals surface area contributed by atoms with Crippen LogP contribution in [0.1, 0.15) is 25.7 Å². The van der Waals surface area contributed by atoms with Gasteiger partial charge in [0.1, 0.15) is 0 Å². The van der Waals surface area contributed by atoms with Crippen LogP contribution in [0.4, 0.5) is 0 Å². The largest absolute Gasteiger partial charge is 0.393 e. The highest BCUT2D eigenvalue weighted by atomic mass is 16.7. The maximum Gasteiger partial charge on any atom is 0.169 e. The maximum absolute atomic E-state index is 9.48. The number of ether oxygens (including phenoxy) is 2. The highest BCUT2D eigenvalue weighted by Gasteiger charge is 2.52. The predicted octanol–water partition coefficient (Wildman–Crippen LogP) is 0.910. The topological polar surface area (TPSA) is 38.7 Å². The van der Waals surface area contributed by atoms with Gasteiger partial charge in [-0.1, -0.05) is 0 Å². The van der Waals surface area contributed by atoms with Gasteiger partial charge in [0.2, 0.25) is 0 Å². The van der Waals surface area contributed by atoms with Crippen molar-refractivity contribution in [2.24, 2.45) is 11.8 Å². The fourth-order valence-electron chi connectivity index (χ4n) is 3.30. The first-order chi connectivity index (χ1) is 6.27. The van der Waals surface area contributed by atoms with E-state index in [1.54, 1.807) is 0 Å². The summed E-state index contributed by atoms with van der Waals surface area (Å²) in [6, 6.07) is 0. The fraction of sp³-hybridized carbons (Fsp3) is 1.00. The van der Waals surface area contributed by atoms with E-state index < -0.39 is 0 Å². The molecule has 1 heterocycles. The summed E-state index contributed by atoms with van der Waals surface area (Å²) >= 11 is 0. The van der Waals surface area contributed by atoms with Gasteiger partial charge in [0.05, 0.1) is 19.3 Å². The smallest absolute Gasteiger partial charge is 0.169 e. The van der Waals surface area contributed by atoms with E-state index in [0.717, 1.165) is 38.9 Å². The summed E-state index contributed by atoms with van der Waals surface area (Å²) in [6.45, 7) is 1.50. The molecule has 3 heteroatoms. The lowest BCUT2D eigenvalue weighted by atomic mass is 10.0. The zero-order chi connectivity index (χ0) is 8.89. The summed E-state index contributed by atoms with van der Waals surface area (Å²) in [5, 5.41) is 9.48. The van der Waals surface area contributed by atoms with Crippen LogP contribution in [-0.4, -0.2) is 30.2 Å². The van der Waals surface area contributed by atoms with Crippen molar-refractivity contribution in [2.75, 3.05) is 13.2 Å². The van der Waals surface area contributed by atoms with Gasteiger partial charge in [0.15, 0.2) is 5.79 Å². The number of hydrogen-bond donors (Lipinski definition) is 1. The maximum atomic E-state index is 9.48. The molecule has 1 spiro atoms. The molecule has 0 unspecified atom stereocenters. The molecule has 0 bridgehead atoms. The third-order valence-electron chi connectivity index (χ3n) is 3.78. The third kappa shape index (κ3) is 1.22. The summed E-state index contributed by atoms with van der Waals surface area (Å²) in [4.78, 5) is 0. The quantitative estimate of drug-likeness (QED) is 0.608. The Balaban J connectivity index is 1.73. The number of fused-ring (bicyclic) bond motifs is 1. The molecule has 2 saturated carbocycles. The zero-order valence-electron chi connectivity index (χ0n) is 7.74. The number of rotatable bonds is 0. The molecule has 0 radical (unpaired) electrons. The van der Waals surface area contributed by atoms with Crippen LogP contribution in [0.3, 0.4) is 0 Å². The second kappa shape index (κ2) is 2.69. The molecule has 0 aromatic heterocycles. The minimum atomic E-state index is -0.241. The average molecular weight is 184 g/mol. The molecule has 2 aliphatic carbocycles. The van der Waals surface area contributed by atoms with Crippen LogP contribution in [0.25, 0.3) is 0 Å². The fourth-order valence-corrected chi connectivity index (χ4v) is 3.30. The van der Waals surface area contributed by atoms with Gasteiger partial charge in [0, 0.05) is 12.8 Å². The van der Waals surface area contributed by atoms with Crippen LogP contribution in [0.5, 0.6) is 0 Å². The van der Waals surface area contributed by atoms with E-state index in [-0.39, 0.29) is 11.9 Å². The summed E-state index contributed by atoms with van der Waals surface area (Å²) in [7, 11) is 0. The van der Waals surface area contributed by atoms with Crippen molar-refractivity contribution in [3.63, 3.8) is 0 Å². The molecule has 0 aromatic carbocycles. The van der Waals surface area contributed by atoms with Gasteiger partial charge in [-0.25, -0.2) is 0 Å². The van der Waals surface area contributed by atoms with Crippen LogP contribution in [0.2, 0.25) is 0 Å². The minimum absolute atomic E-state index is 0.0613. The lowest BCUT2D eigenvalue weighted by molar-refractivity contribution is -0.156. The Bertz CT molecular complexity index is 194. The standard InChI is InChI=1S/C10H16O3/c11-9-3-7-5-10(6-8(7)4-9)12-1-2-13-10/h7-9,11H,1-6H2/t7-,8+,9+. The molecule has 1 saturated heterocycles. The van der Waals surface area contributed by atoms with Crippen LogP contribution < -0.4 is 0 Å². The van der Waals surface area contributed by atoms with E-state index in [1.807, 2.05) is 0 Å². The van der Waals surface area contributed by atoms with Crippen LogP contribution in [-0.2, 0) is 9.47 Å². The van der Waals surface area contributed by atoms with Crippen molar-refractivity contribution in [3.8, 4) is 0 Å². The summed E-state index contributed by atoms with van der Waals surface area (Å²) < 4.78 is 11.3. The highest BCUT2D eigenvalue weighted by molar-refractivity contribution is 4.97. The van der Waals surface area contributed by atoms with Gasteiger partial charge in [0.25, 0.3) is 0 Å². The Morgan fingerprint density at radius 2 is 1.54 bits per heavy atom. The Morgan fingerprint density at radius 3 is 2.08 bits per heavy atom. The van der Waals surface area contributed by atoms with Crippen molar-refractivity contribution >= 4 is 0 Å². The number of hydrogen-bond acceptors (Lipinski definition) is 3. The van der Waals surface area contributed by atoms with E-state index in [2.05, 4.69) is 0 Å². The Kier molecular flexibility index (Phi) is 1.70. The monoisotopic (exact) mass is 184 g/mol. The average Bonchev–Trinajstić information content (AvgIpc) is 2.67. The molecule has 0 aromatic rings. The highest BCUT2D eigenvalue weighted by Crippen LogP contribution is 2.51. The van der Waals surface area contributed by atoms with Gasteiger partial charge in [-0.2, -0.15) is 0 Å². The molecule has 1 N–H and O–H groups in total. The number of aliphatic hydroxyl groups excluding tert-OH is 1. The molecular weight excluding hydrogens is 168 g/mol. The van der Waals surface area contributed by atoms with Crippen LogP contribution in [0.15, 0.2) is 0 Å². The van der Waals surface area contributed by atoms with Crippen molar-refractivity contribution < 1.29 is 14.6 Å². The second-order valence-corrected chi connectivity index (χ2v) is 4.66. The molecule has 3 fully saturated rings.